The van der Waals surface area contributed by atoms with E-state index in [0.29, 0.717) is 45.0 Å². The maximum Gasteiger partial charge on any atom is 0.254 e. The Labute approximate surface area is 201 Å². The number of nitrogens with zero attached hydrogens (tertiary/aromatic N) is 2. The van der Waals surface area contributed by atoms with Gasteiger partial charge in [-0.3, -0.25) is 4.79 Å². The molecule has 0 radical (unpaired) electrons. The van der Waals surface area contributed by atoms with Crippen molar-refractivity contribution in [3.63, 3.8) is 0 Å². The second-order valence-corrected chi connectivity index (χ2v) is 11.4. The Morgan fingerprint density at radius 1 is 1.03 bits per heavy atom. The number of rotatable bonds is 5. The van der Waals surface area contributed by atoms with E-state index in [4.69, 9.17) is 9.47 Å². The summed E-state index contributed by atoms with van der Waals surface area (Å²) in [5.41, 5.74) is 2.68. The summed E-state index contributed by atoms with van der Waals surface area (Å²) < 4.78 is 39.1. The van der Waals surface area contributed by atoms with Crippen molar-refractivity contribution in [2.45, 2.75) is 56.4 Å². The Hall–Kier alpha value is -2.58. The van der Waals surface area contributed by atoms with Crippen LogP contribution in [0.5, 0.6) is 11.5 Å². The van der Waals surface area contributed by atoms with Crippen molar-refractivity contribution in [3.8, 4) is 11.5 Å². The molecule has 2 aliphatic heterocycles. The lowest BCUT2D eigenvalue weighted by molar-refractivity contribution is 0.0668. The Morgan fingerprint density at radius 3 is 2.38 bits per heavy atom. The van der Waals surface area contributed by atoms with Gasteiger partial charge in [-0.25, -0.2) is 8.42 Å². The number of fused-ring (bicyclic) bond motifs is 3. The van der Waals surface area contributed by atoms with Crippen LogP contribution >= 0.6 is 0 Å². The second kappa shape index (κ2) is 8.89. The van der Waals surface area contributed by atoms with E-state index in [9.17, 15) is 13.2 Å². The van der Waals surface area contributed by atoms with Gasteiger partial charge in [-0.05, 0) is 54.3 Å². The lowest BCUT2D eigenvalue weighted by Gasteiger charge is -2.43. The number of amides is 1. The molecular weight excluding hydrogens is 452 g/mol. The third kappa shape index (κ3) is 3.86. The van der Waals surface area contributed by atoms with Crippen LogP contribution in [-0.4, -0.2) is 56.4 Å². The summed E-state index contributed by atoms with van der Waals surface area (Å²) >= 11 is 0. The zero-order valence-corrected chi connectivity index (χ0v) is 20.7. The summed E-state index contributed by atoms with van der Waals surface area (Å²) in [6.07, 6.45) is 4.32. The molecule has 1 spiro atoms. The van der Waals surface area contributed by atoms with E-state index in [1.54, 1.807) is 18.2 Å². The van der Waals surface area contributed by atoms with Gasteiger partial charge >= 0.3 is 0 Å². The molecule has 2 aromatic rings. The molecule has 182 valence electrons. The van der Waals surface area contributed by atoms with Gasteiger partial charge in [0.15, 0.2) is 11.5 Å². The fourth-order valence-electron chi connectivity index (χ4n) is 5.78. The lowest BCUT2D eigenvalue weighted by atomic mass is 9.73. The van der Waals surface area contributed by atoms with Crippen molar-refractivity contribution >= 4 is 15.9 Å². The molecule has 0 bridgehead atoms. The van der Waals surface area contributed by atoms with Gasteiger partial charge in [0.05, 0.1) is 4.90 Å². The first kappa shape index (κ1) is 23.2. The monoisotopic (exact) mass is 484 g/mol. The van der Waals surface area contributed by atoms with Crippen LogP contribution in [0.1, 0.15) is 61.0 Å². The number of benzene rings is 2. The SMILES string of the molecule is CCN(CC)S(=O)(=O)c1cccc(C(=O)N2Cc3cc4c(cc3C3(CCCC3)C2)OCCO4)c1. The van der Waals surface area contributed by atoms with Gasteiger partial charge in [-0.2, -0.15) is 4.31 Å². The van der Waals surface area contributed by atoms with Gasteiger partial charge in [-0.1, -0.05) is 32.8 Å². The molecule has 1 saturated carbocycles. The third-order valence-corrected chi connectivity index (χ3v) is 9.51. The minimum Gasteiger partial charge on any atom is -0.486 e. The van der Waals surface area contributed by atoms with Crippen molar-refractivity contribution in [2.24, 2.45) is 0 Å². The van der Waals surface area contributed by atoms with Crippen LogP contribution in [0.15, 0.2) is 41.3 Å². The highest BCUT2D eigenvalue weighted by atomic mass is 32.2. The minimum atomic E-state index is -3.64. The minimum absolute atomic E-state index is 0.0933. The topological polar surface area (TPSA) is 76.2 Å². The molecule has 1 fully saturated rings. The average Bonchev–Trinajstić information content (AvgIpc) is 3.32. The van der Waals surface area contributed by atoms with E-state index in [0.717, 1.165) is 42.7 Å². The molecule has 0 saturated heterocycles. The summed E-state index contributed by atoms with van der Waals surface area (Å²) in [5.74, 6) is 1.40. The van der Waals surface area contributed by atoms with Crippen molar-refractivity contribution in [1.82, 2.24) is 9.21 Å². The maximum absolute atomic E-state index is 13.7. The molecule has 0 unspecified atom stereocenters. The average molecular weight is 485 g/mol. The molecular formula is C26H32N2O5S. The van der Waals surface area contributed by atoms with Crippen LogP contribution in [0.3, 0.4) is 0 Å². The predicted octanol–water partition coefficient (Wildman–Crippen LogP) is 3.96. The van der Waals surface area contributed by atoms with E-state index < -0.39 is 10.0 Å². The van der Waals surface area contributed by atoms with Crippen LogP contribution in [0.25, 0.3) is 0 Å². The van der Waals surface area contributed by atoms with E-state index in [-0.39, 0.29) is 16.2 Å². The molecule has 2 heterocycles. The number of hydrogen-bond acceptors (Lipinski definition) is 5. The molecule has 1 aliphatic carbocycles. The summed E-state index contributed by atoms with van der Waals surface area (Å²) in [7, 11) is -3.64. The number of hydrogen-bond donors (Lipinski definition) is 0. The summed E-state index contributed by atoms with van der Waals surface area (Å²) in [6.45, 7) is 6.58. The summed E-state index contributed by atoms with van der Waals surface area (Å²) in [4.78, 5) is 15.7. The van der Waals surface area contributed by atoms with Gasteiger partial charge in [-0.15, -0.1) is 0 Å². The van der Waals surface area contributed by atoms with E-state index in [1.807, 2.05) is 24.8 Å². The molecule has 3 aliphatic rings. The van der Waals surface area contributed by atoms with Crippen LogP contribution in [-0.2, 0) is 22.0 Å². The van der Waals surface area contributed by atoms with Crippen molar-refractivity contribution in [1.29, 1.82) is 0 Å². The second-order valence-electron chi connectivity index (χ2n) is 9.42. The highest BCUT2D eigenvalue weighted by Crippen LogP contribution is 2.49. The Morgan fingerprint density at radius 2 is 1.71 bits per heavy atom. The molecule has 5 rings (SSSR count). The largest absolute Gasteiger partial charge is 0.486 e. The van der Waals surface area contributed by atoms with E-state index in [2.05, 4.69) is 6.07 Å². The Kier molecular flexibility index (Phi) is 6.06. The van der Waals surface area contributed by atoms with Gasteiger partial charge < -0.3 is 14.4 Å². The Bertz CT molecular complexity index is 1200. The van der Waals surface area contributed by atoms with E-state index >= 15 is 0 Å². The molecule has 34 heavy (non-hydrogen) atoms. The predicted molar refractivity (Wildman–Crippen MR) is 129 cm³/mol. The number of ether oxygens (including phenoxy) is 2. The zero-order valence-electron chi connectivity index (χ0n) is 19.9. The normalized spacial score (nSPS) is 18.9. The maximum atomic E-state index is 13.7. The zero-order chi connectivity index (χ0) is 23.9. The van der Waals surface area contributed by atoms with Crippen LogP contribution in [0, 0.1) is 0 Å². The molecule has 2 aromatic carbocycles. The van der Waals surface area contributed by atoms with Gasteiger partial charge in [0, 0.05) is 37.2 Å². The highest BCUT2D eigenvalue weighted by molar-refractivity contribution is 7.89. The Balaban J connectivity index is 1.49. The van der Waals surface area contributed by atoms with Crippen molar-refractivity contribution in [3.05, 3.63) is 53.1 Å². The standard InChI is InChI=1S/C26H32N2O5S/c1-3-28(4-2)34(30,31)21-9-7-8-19(14-21)25(29)27-17-20-15-23-24(33-13-12-32-23)16-22(20)26(18-27)10-5-6-11-26/h7-9,14-16H,3-6,10-13,17-18H2,1-2H3. The van der Waals surface area contributed by atoms with Gasteiger partial charge in [0.2, 0.25) is 10.0 Å². The van der Waals surface area contributed by atoms with Crippen molar-refractivity contribution in [2.75, 3.05) is 32.8 Å². The molecule has 1 amide bonds. The number of carbonyl (C=O) groups excluding carboxylic acids is 1. The van der Waals surface area contributed by atoms with Crippen LogP contribution in [0.2, 0.25) is 0 Å². The fraction of sp³-hybridized carbons (Fsp3) is 0.500. The summed E-state index contributed by atoms with van der Waals surface area (Å²) in [6, 6.07) is 10.6. The summed E-state index contributed by atoms with van der Waals surface area (Å²) in [5, 5.41) is 0. The molecule has 0 atom stereocenters. The number of sulfonamides is 1. The van der Waals surface area contributed by atoms with Gasteiger partial charge in [0.25, 0.3) is 5.91 Å². The molecule has 0 aromatic heterocycles. The first-order chi connectivity index (χ1) is 16.4. The fourth-order valence-corrected chi connectivity index (χ4v) is 7.28. The quantitative estimate of drug-likeness (QED) is 0.642. The van der Waals surface area contributed by atoms with Crippen LogP contribution in [0.4, 0.5) is 0 Å². The number of carbonyl (C=O) groups is 1. The molecule has 8 heteroatoms. The first-order valence-electron chi connectivity index (χ1n) is 12.2. The van der Waals surface area contributed by atoms with Gasteiger partial charge in [0.1, 0.15) is 13.2 Å². The first-order valence-corrected chi connectivity index (χ1v) is 13.6. The van der Waals surface area contributed by atoms with Crippen LogP contribution < -0.4 is 9.47 Å². The third-order valence-electron chi connectivity index (χ3n) is 7.47. The molecule has 7 nitrogen and oxygen atoms in total. The lowest BCUT2D eigenvalue weighted by Crippen LogP contribution is -2.47. The smallest absolute Gasteiger partial charge is 0.254 e. The van der Waals surface area contributed by atoms with Crippen molar-refractivity contribution < 1.29 is 22.7 Å². The van der Waals surface area contributed by atoms with E-state index in [1.165, 1.54) is 15.9 Å². The molecule has 0 N–H and O–H groups in total. The highest BCUT2D eigenvalue weighted by Gasteiger charge is 2.44.